The standard InChI is InChI=1S/C50H47ClF2N12O5/c51-31-9-12-34-36(23-31)47(45-38(52)4-2-5-39(45)53)55-24-30-25-56-50(60-46(30)34)57-32-10-7-29(8-11-32)41-28-65(62-61-41)33-15-18-63(19-16-33)20-22-70-21-17-54-26-44(67)58-40-6-1-3-35-37(40)27-64(49(35)69)42-13-14-43(66)59-48(42)68/h1-12,23,25,28,33,42,54H,13-22,24,26-27H2,(H,58,67)(H,56,57,60)(H,59,66,68). The maximum Gasteiger partial charge on any atom is 0.255 e. The molecule has 4 N–H and O–H groups in total. The monoisotopic (exact) mass is 968 g/mol. The fourth-order valence-electron chi connectivity index (χ4n) is 9.31. The Balaban J connectivity index is 0.651. The van der Waals surface area contributed by atoms with Crippen LogP contribution in [0.15, 0.2) is 96.2 Å². The fraction of sp³-hybridized carbons (Fsp3) is 0.300. The maximum atomic E-state index is 15.0. The number of likely N-dealkylation sites (tertiary alicyclic amines) is 1. The van der Waals surface area contributed by atoms with Crippen molar-refractivity contribution in [2.75, 3.05) is 56.6 Å². The van der Waals surface area contributed by atoms with Crippen molar-refractivity contribution in [1.82, 2.24) is 45.4 Å². The predicted molar refractivity (Wildman–Crippen MR) is 256 cm³/mol. The van der Waals surface area contributed by atoms with E-state index in [-0.39, 0.29) is 67.5 Å². The van der Waals surface area contributed by atoms with Gasteiger partial charge in [-0.2, -0.15) is 0 Å². The summed E-state index contributed by atoms with van der Waals surface area (Å²) in [6.45, 7) is 4.39. The van der Waals surface area contributed by atoms with Gasteiger partial charge >= 0.3 is 0 Å². The third-order valence-electron chi connectivity index (χ3n) is 13.0. The number of carbonyl (C=O) groups is 4. The first-order valence-corrected chi connectivity index (χ1v) is 23.5. The molecule has 2 saturated heterocycles. The van der Waals surface area contributed by atoms with Crippen LogP contribution in [0, 0.1) is 11.6 Å². The molecule has 0 bridgehead atoms. The van der Waals surface area contributed by atoms with Gasteiger partial charge in [-0.15, -0.1) is 5.10 Å². The lowest BCUT2D eigenvalue weighted by Gasteiger charge is -2.31. The van der Waals surface area contributed by atoms with E-state index in [1.54, 1.807) is 42.6 Å². The van der Waals surface area contributed by atoms with Crippen molar-refractivity contribution in [1.29, 1.82) is 0 Å². The molecule has 2 fully saturated rings. The number of nitrogens with one attached hydrogen (secondary N) is 4. The molecule has 6 aromatic rings. The second kappa shape index (κ2) is 20.3. The molecular weight excluding hydrogens is 922 g/mol. The zero-order valence-electron chi connectivity index (χ0n) is 37.8. The Bertz CT molecular complexity index is 3010. The molecule has 4 aliphatic heterocycles. The van der Waals surface area contributed by atoms with Crippen molar-refractivity contribution in [3.63, 3.8) is 0 Å². The first-order chi connectivity index (χ1) is 34.1. The van der Waals surface area contributed by atoms with E-state index in [1.807, 2.05) is 35.1 Å². The number of aliphatic imine (C=N–C) groups is 1. The van der Waals surface area contributed by atoms with Gasteiger partial charge in [-0.1, -0.05) is 47.1 Å². The Morgan fingerprint density at radius 3 is 2.51 bits per heavy atom. The minimum absolute atomic E-state index is 0.0575. The summed E-state index contributed by atoms with van der Waals surface area (Å²) in [6.07, 6.45) is 5.92. The molecule has 2 aromatic heterocycles. The van der Waals surface area contributed by atoms with Crippen LogP contribution in [0.25, 0.3) is 22.5 Å². The molecule has 20 heteroatoms. The highest BCUT2D eigenvalue weighted by Crippen LogP contribution is 2.36. The summed E-state index contributed by atoms with van der Waals surface area (Å²) in [5.41, 5.74) is 6.31. The first-order valence-electron chi connectivity index (χ1n) is 23.1. The van der Waals surface area contributed by atoms with Gasteiger partial charge in [0, 0.05) is 95.1 Å². The Labute approximate surface area is 405 Å². The lowest BCUT2D eigenvalue weighted by molar-refractivity contribution is -0.137. The van der Waals surface area contributed by atoms with Gasteiger partial charge < -0.3 is 30.5 Å². The van der Waals surface area contributed by atoms with Crippen molar-refractivity contribution in [2.24, 2.45) is 4.99 Å². The van der Waals surface area contributed by atoms with Crippen LogP contribution < -0.4 is 21.3 Å². The Kier molecular flexibility index (Phi) is 13.5. The second-order valence-electron chi connectivity index (χ2n) is 17.4. The molecule has 0 aliphatic carbocycles. The van der Waals surface area contributed by atoms with Gasteiger partial charge in [-0.3, -0.25) is 29.5 Å². The maximum absolute atomic E-state index is 15.0. The summed E-state index contributed by atoms with van der Waals surface area (Å²) in [7, 11) is 0. The average Bonchev–Trinajstić information content (AvgIpc) is 3.94. The summed E-state index contributed by atoms with van der Waals surface area (Å²) in [5, 5.41) is 20.9. The number of hydrogen-bond donors (Lipinski definition) is 4. The number of aromatic nitrogens is 5. The normalized spacial score (nSPS) is 17.1. The molecule has 0 saturated carbocycles. The summed E-state index contributed by atoms with van der Waals surface area (Å²) in [5.74, 6) is -2.49. The van der Waals surface area contributed by atoms with E-state index in [1.165, 1.54) is 23.1 Å². The number of carbonyl (C=O) groups excluding carboxylic acids is 4. The number of hydrogen-bond acceptors (Lipinski definition) is 13. The summed E-state index contributed by atoms with van der Waals surface area (Å²) < 4.78 is 37.8. The minimum Gasteiger partial charge on any atom is -0.379 e. The van der Waals surface area contributed by atoms with E-state index in [0.717, 1.165) is 49.4 Å². The zero-order valence-corrected chi connectivity index (χ0v) is 38.5. The molecule has 4 amide bonds. The van der Waals surface area contributed by atoms with Gasteiger partial charge in [0.2, 0.25) is 23.7 Å². The van der Waals surface area contributed by atoms with E-state index in [9.17, 15) is 28.0 Å². The Hall–Kier alpha value is -7.32. The number of benzene rings is 4. The predicted octanol–water partition coefficient (Wildman–Crippen LogP) is 6.07. The third-order valence-corrected chi connectivity index (χ3v) is 13.2. The van der Waals surface area contributed by atoms with Crippen LogP contribution in [-0.4, -0.2) is 116 Å². The largest absolute Gasteiger partial charge is 0.379 e. The number of ether oxygens (including phenoxy) is 1. The Morgan fingerprint density at radius 1 is 0.914 bits per heavy atom. The molecule has 10 rings (SSSR count). The number of amides is 4. The van der Waals surface area contributed by atoms with E-state index >= 15 is 0 Å². The van der Waals surface area contributed by atoms with Crippen LogP contribution in [0.1, 0.15) is 64.3 Å². The van der Waals surface area contributed by atoms with Crippen LogP contribution in [0.3, 0.4) is 0 Å². The molecule has 4 aromatic carbocycles. The summed E-state index contributed by atoms with van der Waals surface area (Å²) in [6, 6.07) is 21.2. The highest BCUT2D eigenvalue weighted by Gasteiger charge is 2.40. The van der Waals surface area contributed by atoms with Crippen LogP contribution in [0.2, 0.25) is 5.02 Å². The van der Waals surface area contributed by atoms with Crippen molar-refractivity contribution in [3.05, 3.63) is 136 Å². The van der Waals surface area contributed by atoms with Gasteiger partial charge in [-0.05, 0) is 67.8 Å². The average molecular weight is 969 g/mol. The van der Waals surface area contributed by atoms with E-state index in [2.05, 4.69) is 46.5 Å². The molecule has 1 atom stereocenters. The number of rotatable bonds is 15. The molecule has 358 valence electrons. The highest BCUT2D eigenvalue weighted by atomic mass is 35.5. The molecule has 0 radical (unpaired) electrons. The van der Waals surface area contributed by atoms with Crippen LogP contribution in [0.5, 0.6) is 0 Å². The number of halogens is 3. The second-order valence-corrected chi connectivity index (χ2v) is 17.9. The van der Waals surface area contributed by atoms with Gasteiger partial charge in [0.1, 0.15) is 23.4 Å². The third kappa shape index (κ3) is 9.91. The number of nitrogens with zero attached hydrogens (tertiary/aromatic N) is 8. The van der Waals surface area contributed by atoms with Crippen molar-refractivity contribution in [2.45, 2.75) is 50.9 Å². The number of fused-ring (bicyclic) bond motifs is 4. The Morgan fingerprint density at radius 2 is 1.71 bits per heavy atom. The minimum atomic E-state index is -0.729. The molecule has 4 aliphatic rings. The molecule has 1 unspecified atom stereocenters. The van der Waals surface area contributed by atoms with E-state index < -0.39 is 23.6 Å². The quantitative estimate of drug-likeness (QED) is 0.0685. The fourth-order valence-corrected chi connectivity index (χ4v) is 9.48. The lowest BCUT2D eigenvalue weighted by atomic mass is 9.95. The number of imide groups is 1. The van der Waals surface area contributed by atoms with Crippen LogP contribution in [-0.2, 0) is 32.2 Å². The van der Waals surface area contributed by atoms with Crippen LogP contribution >= 0.6 is 11.6 Å². The van der Waals surface area contributed by atoms with Gasteiger partial charge in [-0.25, -0.2) is 23.4 Å². The molecule has 17 nitrogen and oxygen atoms in total. The molecule has 6 heterocycles. The summed E-state index contributed by atoms with van der Waals surface area (Å²) >= 11 is 6.38. The number of piperidine rings is 2. The highest BCUT2D eigenvalue weighted by molar-refractivity contribution is 6.31. The van der Waals surface area contributed by atoms with Gasteiger partial charge in [0.15, 0.2) is 0 Å². The van der Waals surface area contributed by atoms with Crippen molar-refractivity contribution in [3.8, 4) is 22.5 Å². The SMILES string of the molecule is O=C1CCC(N2Cc3c(NC(=O)CNCCOCCN4CCC(n5cc(-c6ccc(Nc7ncc8c(n7)-c7ccc(Cl)cc7C(c7c(F)cccc7F)=NC8)cc6)nn5)CC4)cccc3C2=O)C(=O)N1. The number of anilines is 3. The molecule has 70 heavy (non-hydrogen) atoms. The first kappa shape index (κ1) is 46.4. The molecule has 0 spiro atoms. The zero-order chi connectivity index (χ0) is 48.3. The van der Waals surface area contributed by atoms with Gasteiger partial charge in [0.05, 0.1) is 55.5 Å². The van der Waals surface area contributed by atoms with E-state index in [4.69, 9.17) is 21.3 Å². The van der Waals surface area contributed by atoms with E-state index in [0.29, 0.717) is 69.9 Å². The lowest BCUT2D eigenvalue weighted by Crippen LogP contribution is -2.52. The summed E-state index contributed by atoms with van der Waals surface area (Å²) in [4.78, 5) is 67.7. The topological polar surface area (TPSA) is 201 Å². The smallest absolute Gasteiger partial charge is 0.255 e. The van der Waals surface area contributed by atoms with Crippen molar-refractivity contribution >= 4 is 58.3 Å². The van der Waals surface area contributed by atoms with Gasteiger partial charge in [0.25, 0.3) is 5.91 Å². The van der Waals surface area contributed by atoms with Crippen molar-refractivity contribution < 1.29 is 32.7 Å². The molecular formula is C50H47ClF2N12O5. The van der Waals surface area contributed by atoms with Crippen LogP contribution in [0.4, 0.5) is 26.1 Å².